The molecule has 0 aliphatic heterocycles. The van der Waals surface area contributed by atoms with Crippen LogP contribution in [0.1, 0.15) is 26.8 Å². The van der Waals surface area contributed by atoms with E-state index in [2.05, 4.69) is 31.8 Å². The number of nitrogens with one attached hydrogen (secondary N) is 2. The molecule has 2 heterocycles. The zero-order valence-corrected chi connectivity index (χ0v) is 15.0. The molecule has 0 saturated heterocycles. The van der Waals surface area contributed by atoms with E-state index in [9.17, 15) is 9.59 Å². The van der Waals surface area contributed by atoms with Gasteiger partial charge in [-0.1, -0.05) is 28.1 Å². The van der Waals surface area contributed by atoms with Gasteiger partial charge in [0.25, 0.3) is 5.91 Å². The van der Waals surface area contributed by atoms with Crippen LogP contribution in [0.5, 0.6) is 5.75 Å². The number of hydrogen-bond acceptors (Lipinski definition) is 5. The minimum Gasteiger partial charge on any atom is -0.486 e. The molecule has 0 atom stereocenters. The Morgan fingerprint density at radius 2 is 1.88 bits per heavy atom. The number of aromatic nitrogens is 1. The van der Waals surface area contributed by atoms with Crippen molar-refractivity contribution in [3.05, 3.63) is 82.5 Å². The van der Waals surface area contributed by atoms with Gasteiger partial charge >= 0.3 is 5.91 Å². The number of hydrogen-bond donors (Lipinski definition) is 2. The maximum Gasteiger partial charge on any atom is 0.305 e. The average Bonchev–Trinajstić information content (AvgIpc) is 3.14. The summed E-state index contributed by atoms with van der Waals surface area (Å²) in [5, 5.41) is 0. The molecule has 0 radical (unpaired) electrons. The van der Waals surface area contributed by atoms with Gasteiger partial charge in [-0.25, -0.2) is 0 Å². The molecule has 2 aromatic heterocycles. The highest BCUT2D eigenvalue weighted by Gasteiger charge is 2.13. The maximum atomic E-state index is 12.0. The van der Waals surface area contributed by atoms with E-state index >= 15 is 0 Å². The minimum absolute atomic E-state index is 0.0548. The summed E-state index contributed by atoms with van der Waals surface area (Å²) in [5.41, 5.74) is 4.74. The molecule has 7 nitrogen and oxygen atoms in total. The maximum absolute atomic E-state index is 12.0. The predicted octanol–water partition coefficient (Wildman–Crippen LogP) is 3.09. The van der Waals surface area contributed by atoms with Crippen molar-refractivity contribution < 1.29 is 18.7 Å². The number of carbonyl (C=O) groups excluding carboxylic acids is 2. The normalized spacial score (nSPS) is 10.2. The number of ether oxygens (including phenoxy) is 1. The van der Waals surface area contributed by atoms with Crippen LogP contribution < -0.4 is 15.6 Å². The molecule has 0 aliphatic rings. The van der Waals surface area contributed by atoms with E-state index < -0.39 is 11.8 Å². The second kappa shape index (κ2) is 8.30. The van der Waals surface area contributed by atoms with E-state index in [4.69, 9.17) is 9.15 Å². The molecule has 0 bridgehead atoms. The van der Waals surface area contributed by atoms with Crippen molar-refractivity contribution >= 4 is 27.7 Å². The second-order valence-electron chi connectivity index (χ2n) is 5.14. The van der Waals surface area contributed by atoms with Gasteiger partial charge in [0, 0.05) is 10.7 Å². The predicted molar refractivity (Wildman–Crippen MR) is 96.4 cm³/mol. The summed E-state index contributed by atoms with van der Waals surface area (Å²) < 4.78 is 11.9. The highest BCUT2D eigenvalue weighted by atomic mass is 79.9. The molecule has 0 spiro atoms. The molecule has 132 valence electrons. The van der Waals surface area contributed by atoms with Crippen molar-refractivity contribution in [2.24, 2.45) is 0 Å². The van der Waals surface area contributed by atoms with Gasteiger partial charge in [0.2, 0.25) is 0 Å². The Bertz CT molecular complexity index is 912. The molecule has 2 N–H and O–H groups in total. The lowest BCUT2D eigenvalue weighted by Gasteiger charge is -2.05. The lowest BCUT2D eigenvalue weighted by Crippen LogP contribution is -2.41. The Balaban J connectivity index is 1.52. The van der Waals surface area contributed by atoms with E-state index in [1.54, 1.807) is 18.2 Å². The van der Waals surface area contributed by atoms with Crippen molar-refractivity contribution in [3.63, 3.8) is 0 Å². The number of rotatable bonds is 5. The molecule has 0 unspecified atom stereocenters. The highest BCUT2D eigenvalue weighted by molar-refractivity contribution is 9.10. The van der Waals surface area contributed by atoms with Gasteiger partial charge in [0.15, 0.2) is 5.76 Å². The number of nitrogens with zero attached hydrogens (tertiary/aromatic N) is 1. The zero-order chi connectivity index (χ0) is 18.4. The minimum atomic E-state index is -0.581. The van der Waals surface area contributed by atoms with Crippen LogP contribution >= 0.6 is 15.9 Å². The van der Waals surface area contributed by atoms with E-state index in [0.29, 0.717) is 11.5 Å². The van der Waals surface area contributed by atoms with Crippen molar-refractivity contribution in [1.82, 2.24) is 15.8 Å². The smallest absolute Gasteiger partial charge is 0.305 e. The SMILES string of the molecule is O=C(NNC(=O)c1ccc(COc2cccc(Br)c2)o1)c1ccccn1. The number of carbonyl (C=O) groups is 2. The number of furan rings is 1. The number of amides is 2. The average molecular weight is 416 g/mol. The summed E-state index contributed by atoms with van der Waals surface area (Å²) in [6.45, 7) is 0.171. The van der Waals surface area contributed by atoms with Gasteiger partial charge in [0.1, 0.15) is 23.8 Å². The van der Waals surface area contributed by atoms with E-state index in [0.717, 1.165) is 4.47 Å². The van der Waals surface area contributed by atoms with Gasteiger partial charge < -0.3 is 9.15 Å². The molecule has 0 saturated carbocycles. The van der Waals surface area contributed by atoms with Crippen LogP contribution in [0, 0.1) is 0 Å². The van der Waals surface area contributed by atoms with E-state index in [1.807, 2.05) is 24.3 Å². The first-order valence-corrected chi connectivity index (χ1v) is 8.40. The summed E-state index contributed by atoms with van der Waals surface area (Å²) in [7, 11) is 0. The van der Waals surface area contributed by atoms with Crippen molar-refractivity contribution in [2.75, 3.05) is 0 Å². The van der Waals surface area contributed by atoms with Crippen LogP contribution in [0.15, 0.2) is 69.7 Å². The molecule has 26 heavy (non-hydrogen) atoms. The number of benzene rings is 1. The van der Waals surface area contributed by atoms with Gasteiger partial charge in [-0.05, 0) is 42.5 Å². The molecule has 0 aliphatic carbocycles. The quantitative estimate of drug-likeness (QED) is 0.624. The third-order valence-corrected chi connectivity index (χ3v) is 3.74. The van der Waals surface area contributed by atoms with Crippen LogP contribution in [0.3, 0.4) is 0 Å². The first kappa shape index (κ1) is 17.7. The Labute approximate surface area is 157 Å². The Morgan fingerprint density at radius 1 is 1.04 bits per heavy atom. The summed E-state index contributed by atoms with van der Waals surface area (Å²) in [6.07, 6.45) is 1.49. The van der Waals surface area contributed by atoms with Crippen molar-refractivity contribution in [1.29, 1.82) is 0 Å². The second-order valence-corrected chi connectivity index (χ2v) is 6.05. The van der Waals surface area contributed by atoms with E-state index in [1.165, 1.54) is 18.3 Å². The number of halogens is 1. The fourth-order valence-corrected chi connectivity index (χ4v) is 2.40. The highest BCUT2D eigenvalue weighted by Crippen LogP contribution is 2.19. The first-order chi connectivity index (χ1) is 12.6. The topological polar surface area (TPSA) is 93.5 Å². The van der Waals surface area contributed by atoms with Crippen LogP contribution in [0.25, 0.3) is 0 Å². The summed E-state index contributed by atoms with van der Waals surface area (Å²) in [5.74, 6) is 0.0986. The molecular formula is C18H14BrN3O4. The monoisotopic (exact) mass is 415 g/mol. The summed E-state index contributed by atoms with van der Waals surface area (Å²) in [6, 6.07) is 15.4. The van der Waals surface area contributed by atoms with Gasteiger partial charge in [-0.2, -0.15) is 0 Å². The fraction of sp³-hybridized carbons (Fsp3) is 0.0556. The van der Waals surface area contributed by atoms with Crippen LogP contribution in [-0.2, 0) is 6.61 Å². The van der Waals surface area contributed by atoms with Crippen LogP contribution in [0.4, 0.5) is 0 Å². The standard InChI is InChI=1S/C18H14BrN3O4/c19-12-4-3-5-13(10-12)25-11-14-7-8-16(26-14)18(24)22-21-17(23)15-6-1-2-9-20-15/h1-10H,11H2,(H,21,23)(H,22,24). The zero-order valence-electron chi connectivity index (χ0n) is 13.4. The van der Waals surface area contributed by atoms with Gasteiger partial charge in [0.05, 0.1) is 0 Å². The van der Waals surface area contributed by atoms with Crippen molar-refractivity contribution in [3.8, 4) is 5.75 Å². The Hall–Kier alpha value is -3.13. The Morgan fingerprint density at radius 3 is 2.65 bits per heavy atom. The number of hydrazine groups is 1. The fourth-order valence-electron chi connectivity index (χ4n) is 2.03. The summed E-state index contributed by atoms with van der Waals surface area (Å²) in [4.78, 5) is 27.7. The molecule has 2 amide bonds. The molecule has 8 heteroatoms. The largest absolute Gasteiger partial charge is 0.486 e. The third kappa shape index (κ3) is 4.70. The molecular weight excluding hydrogens is 402 g/mol. The lowest BCUT2D eigenvalue weighted by molar-refractivity contribution is 0.0826. The summed E-state index contributed by atoms with van der Waals surface area (Å²) >= 11 is 3.36. The van der Waals surface area contributed by atoms with Crippen molar-refractivity contribution in [2.45, 2.75) is 6.61 Å². The molecule has 1 aromatic carbocycles. The molecule has 3 aromatic rings. The van der Waals surface area contributed by atoms with Gasteiger partial charge in [-0.15, -0.1) is 0 Å². The molecule has 0 fully saturated rings. The number of pyridine rings is 1. The Kier molecular flexibility index (Phi) is 5.65. The van der Waals surface area contributed by atoms with Gasteiger partial charge in [-0.3, -0.25) is 25.4 Å². The third-order valence-electron chi connectivity index (χ3n) is 3.25. The molecule has 3 rings (SSSR count). The first-order valence-electron chi connectivity index (χ1n) is 7.60. The van der Waals surface area contributed by atoms with Crippen LogP contribution in [-0.4, -0.2) is 16.8 Å². The lowest BCUT2D eigenvalue weighted by atomic mass is 10.3. The van der Waals surface area contributed by atoms with Crippen LogP contribution in [0.2, 0.25) is 0 Å². The van der Waals surface area contributed by atoms with E-state index in [-0.39, 0.29) is 18.1 Å².